The van der Waals surface area contributed by atoms with Crippen LogP contribution in [0, 0.1) is 0 Å². The SMILES string of the molecule is CN1C(=O)N(c2ccccn2)CC1C(N)=O. The summed E-state index contributed by atoms with van der Waals surface area (Å²) in [6, 6.07) is 4.42. The van der Waals surface area contributed by atoms with E-state index >= 15 is 0 Å². The van der Waals surface area contributed by atoms with Crippen LogP contribution in [0.4, 0.5) is 10.6 Å². The van der Waals surface area contributed by atoms with Crippen molar-refractivity contribution in [1.29, 1.82) is 0 Å². The highest BCUT2D eigenvalue weighted by molar-refractivity contribution is 5.99. The van der Waals surface area contributed by atoms with Crippen molar-refractivity contribution in [2.75, 3.05) is 18.5 Å². The van der Waals surface area contributed by atoms with E-state index in [-0.39, 0.29) is 12.6 Å². The molecule has 1 saturated heterocycles. The molecule has 2 rings (SSSR count). The van der Waals surface area contributed by atoms with Gasteiger partial charge in [-0.1, -0.05) is 6.07 Å². The first-order valence-electron chi connectivity index (χ1n) is 4.86. The number of aromatic nitrogens is 1. The second-order valence-corrected chi connectivity index (χ2v) is 3.61. The van der Waals surface area contributed by atoms with Gasteiger partial charge in [0.25, 0.3) is 0 Å². The van der Waals surface area contributed by atoms with Gasteiger partial charge < -0.3 is 10.6 Å². The van der Waals surface area contributed by atoms with Crippen LogP contribution < -0.4 is 10.6 Å². The van der Waals surface area contributed by atoms with Crippen LogP contribution in [-0.2, 0) is 4.79 Å². The van der Waals surface area contributed by atoms with Crippen LogP contribution >= 0.6 is 0 Å². The van der Waals surface area contributed by atoms with Gasteiger partial charge in [-0.3, -0.25) is 9.69 Å². The monoisotopic (exact) mass is 220 g/mol. The lowest BCUT2D eigenvalue weighted by molar-refractivity contribution is -0.121. The summed E-state index contributed by atoms with van der Waals surface area (Å²) in [5.41, 5.74) is 5.21. The van der Waals surface area contributed by atoms with E-state index < -0.39 is 11.9 Å². The summed E-state index contributed by atoms with van der Waals surface area (Å²) in [6.07, 6.45) is 1.60. The van der Waals surface area contributed by atoms with E-state index in [0.717, 1.165) is 0 Å². The van der Waals surface area contributed by atoms with E-state index in [1.165, 1.54) is 9.80 Å². The zero-order valence-corrected chi connectivity index (χ0v) is 8.83. The molecule has 2 heterocycles. The lowest BCUT2D eigenvalue weighted by Crippen LogP contribution is -2.40. The van der Waals surface area contributed by atoms with Crippen LogP contribution in [0.15, 0.2) is 24.4 Å². The number of likely N-dealkylation sites (N-methyl/N-ethyl adjacent to an activating group) is 1. The molecule has 1 aromatic rings. The predicted octanol–water partition coefficient (Wildman–Crippen LogP) is -0.193. The quantitative estimate of drug-likeness (QED) is 0.750. The van der Waals surface area contributed by atoms with Crippen LogP contribution in [-0.4, -0.2) is 41.5 Å². The van der Waals surface area contributed by atoms with Crippen molar-refractivity contribution in [1.82, 2.24) is 9.88 Å². The maximum Gasteiger partial charge on any atom is 0.326 e. The van der Waals surface area contributed by atoms with Crippen molar-refractivity contribution >= 4 is 17.8 Å². The molecule has 0 aromatic carbocycles. The lowest BCUT2D eigenvalue weighted by atomic mass is 10.3. The van der Waals surface area contributed by atoms with Crippen molar-refractivity contribution in [3.05, 3.63) is 24.4 Å². The molecular weight excluding hydrogens is 208 g/mol. The molecule has 6 nitrogen and oxygen atoms in total. The Balaban J connectivity index is 2.26. The second kappa shape index (κ2) is 3.80. The Hall–Kier alpha value is -2.11. The number of amides is 3. The highest BCUT2D eigenvalue weighted by Gasteiger charge is 2.39. The van der Waals surface area contributed by atoms with Gasteiger partial charge in [0.15, 0.2) is 0 Å². The predicted molar refractivity (Wildman–Crippen MR) is 57.7 cm³/mol. The number of nitrogens with two attached hydrogens (primary N) is 1. The Morgan fingerprint density at radius 2 is 2.31 bits per heavy atom. The van der Waals surface area contributed by atoms with Gasteiger partial charge in [0.2, 0.25) is 5.91 Å². The number of nitrogens with zero attached hydrogens (tertiary/aromatic N) is 3. The first-order chi connectivity index (χ1) is 7.61. The summed E-state index contributed by atoms with van der Waals surface area (Å²) in [5.74, 6) is 0.0254. The maximum atomic E-state index is 11.8. The number of carbonyl (C=O) groups excluding carboxylic acids is 2. The molecule has 2 N–H and O–H groups in total. The van der Waals surface area contributed by atoms with Crippen LogP contribution in [0.1, 0.15) is 0 Å². The van der Waals surface area contributed by atoms with Crippen molar-refractivity contribution < 1.29 is 9.59 Å². The molecule has 3 amide bonds. The van der Waals surface area contributed by atoms with E-state index in [1.807, 2.05) is 0 Å². The second-order valence-electron chi connectivity index (χ2n) is 3.61. The minimum Gasteiger partial charge on any atom is -0.368 e. The zero-order valence-electron chi connectivity index (χ0n) is 8.83. The number of hydrogen-bond donors (Lipinski definition) is 1. The number of carbonyl (C=O) groups is 2. The highest BCUT2D eigenvalue weighted by atomic mass is 16.2. The van der Waals surface area contributed by atoms with Crippen molar-refractivity contribution in [2.24, 2.45) is 5.73 Å². The zero-order chi connectivity index (χ0) is 11.7. The fourth-order valence-electron chi connectivity index (χ4n) is 1.68. The molecular formula is C10H12N4O2. The third kappa shape index (κ3) is 1.58. The van der Waals surface area contributed by atoms with Gasteiger partial charge in [0, 0.05) is 13.2 Å². The molecule has 6 heteroatoms. The van der Waals surface area contributed by atoms with E-state index in [4.69, 9.17) is 5.73 Å². The summed E-state index contributed by atoms with van der Waals surface area (Å²) < 4.78 is 0. The Kier molecular flexibility index (Phi) is 2.47. The molecule has 1 aromatic heterocycles. The van der Waals surface area contributed by atoms with Crippen molar-refractivity contribution in [2.45, 2.75) is 6.04 Å². The number of anilines is 1. The summed E-state index contributed by atoms with van der Waals surface area (Å²) in [4.78, 5) is 29.8. The first-order valence-corrected chi connectivity index (χ1v) is 4.86. The molecule has 84 valence electrons. The van der Waals surface area contributed by atoms with Gasteiger partial charge in [-0.15, -0.1) is 0 Å². The molecule has 0 spiro atoms. The van der Waals surface area contributed by atoms with Crippen molar-refractivity contribution in [3.63, 3.8) is 0 Å². The van der Waals surface area contributed by atoms with Gasteiger partial charge in [-0.05, 0) is 12.1 Å². The normalized spacial score (nSPS) is 20.3. The largest absolute Gasteiger partial charge is 0.368 e. The van der Waals surface area contributed by atoms with Crippen molar-refractivity contribution in [3.8, 4) is 0 Å². The van der Waals surface area contributed by atoms with E-state index in [1.54, 1.807) is 31.4 Å². The van der Waals surface area contributed by atoms with Gasteiger partial charge in [-0.2, -0.15) is 0 Å². The van der Waals surface area contributed by atoms with Gasteiger partial charge >= 0.3 is 6.03 Å². The Morgan fingerprint density at radius 3 is 2.81 bits per heavy atom. The fourth-order valence-corrected chi connectivity index (χ4v) is 1.68. The number of urea groups is 1. The molecule has 16 heavy (non-hydrogen) atoms. The Morgan fingerprint density at radius 1 is 1.56 bits per heavy atom. The van der Waals surface area contributed by atoms with Crippen LogP contribution in [0.2, 0.25) is 0 Å². The Labute approximate surface area is 92.7 Å². The molecule has 1 atom stereocenters. The molecule has 1 aliphatic heterocycles. The average molecular weight is 220 g/mol. The van der Waals surface area contributed by atoms with Gasteiger partial charge in [-0.25, -0.2) is 9.78 Å². The van der Waals surface area contributed by atoms with Crippen LogP contribution in [0.5, 0.6) is 0 Å². The first kappa shape index (κ1) is 10.4. The third-order valence-electron chi connectivity index (χ3n) is 2.61. The molecule has 1 unspecified atom stereocenters. The van der Waals surface area contributed by atoms with E-state index in [9.17, 15) is 9.59 Å². The minimum atomic E-state index is -0.588. The lowest BCUT2D eigenvalue weighted by Gasteiger charge is -2.14. The molecule has 0 radical (unpaired) electrons. The number of rotatable bonds is 2. The molecule has 0 aliphatic carbocycles. The maximum absolute atomic E-state index is 11.8. The summed E-state index contributed by atoms with van der Waals surface area (Å²) in [7, 11) is 1.56. The summed E-state index contributed by atoms with van der Waals surface area (Å²) in [6.45, 7) is 0.252. The fraction of sp³-hybridized carbons (Fsp3) is 0.300. The van der Waals surface area contributed by atoms with Crippen LogP contribution in [0.25, 0.3) is 0 Å². The minimum absolute atomic E-state index is 0.252. The number of primary amides is 1. The number of hydrogen-bond acceptors (Lipinski definition) is 3. The smallest absolute Gasteiger partial charge is 0.326 e. The third-order valence-corrected chi connectivity index (χ3v) is 2.61. The number of pyridine rings is 1. The molecule has 0 saturated carbocycles. The van der Waals surface area contributed by atoms with E-state index in [2.05, 4.69) is 4.98 Å². The molecule has 0 bridgehead atoms. The van der Waals surface area contributed by atoms with Gasteiger partial charge in [0.1, 0.15) is 11.9 Å². The standard InChI is InChI=1S/C10H12N4O2/c1-13-7(9(11)15)6-14(10(13)16)8-4-2-3-5-12-8/h2-5,7H,6H2,1H3,(H2,11,15). The Bertz CT molecular complexity index is 420. The van der Waals surface area contributed by atoms with Gasteiger partial charge in [0.05, 0.1) is 6.54 Å². The molecule has 1 aliphatic rings. The van der Waals surface area contributed by atoms with E-state index in [0.29, 0.717) is 5.82 Å². The topological polar surface area (TPSA) is 79.5 Å². The van der Waals surface area contributed by atoms with Crippen LogP contribution in [0.3, 0.4) is 0 Å². The molecule has 1 fully saturated rings. The highest BCUT2D eigenvalue weighted by Crippen LogP contribution is 2.20. The summed E-state index contributed by atoms with van der Waals surface area (Å²) >= 11 is 0. The average Bonchev–Trinajstić information content (AvgIpc) is 2.58. The summed E-state index contributed by atoms with van der Waals surface area (Å²) in [5, 5.41) is 0.